The third-order valence-electron chi connectivity index (χ3n) is 1.86. The van der Waals surface area contributed by atoms with E-state index in [1.54, 1.807) is 25.1 Å². The maximum Gasteiger partial charge on any atom is 0.257 e. The molecule has 0 amide bonds. The Labute approximate surface area is 81.1 Å². The SMILES string of the molecule is COc1nncc2c1NCCCS2. The van der Waals surface area contributed by atoms with E-state index in [4.69, 9.17) is 4.74 Å². The predicted octanol–water partition coefficient (Wildman–Crippen LogP) is 1.39. The van der Waals surface area contributed by atoms with Crippen LogP contribution in [0.3, 0.4) is 0 Å². The molecule has 0 radical (unpaired) electrons. The summed E-state index contributed by atoms with van der Waals surface area (Å²) in [7, 11) is 1.61. The first-order valence-electron chi connectivity index (χ1n) is 4.18. The van der Waals surface area contributed by atoms with Gasteiger partial charge in [0.2, 0.25) is 0 Å². The first-order valence-corrected chi connectivity index (χ1v) is 5.16. The molecule has 1 aliphatic rings. The highest BCUT2D eigenvalue weighted by Gasteiger charge is 2.13. The van der Waals surface area contributed by atoms with Gasteiger partial charge in [0.15, 0.2) is 0 Å². The smallest absolute Gasteiger partial charge is 0.257 e. The maximum absolute atomic E-state index is 5.12. The van der Waals surface area contributed by atoms with E-state index in [-0.39, 0.29) is 0 Å². The molecule has 1 aromatic rings. The van der Waals surface area contributed by atoms with E-state index in [0.717, 1.165) is 29.3 Å². The van der Waals surface area contributed by atoms with Gasteiger partial charge in [-0.2, -0.15) is 5.10 Å². The molecular weight excluding hydrogens is 186 g/mol. The van der Waals surface area contributed by atoms with Crippen LogP contribution in [0.5, 0.6) is 5.88 Å². The lowest BCUT2D eigenvalue weighted by Gasteiger charge is -2.08. The Kier molecular flexibility index (Phi) is 2.54. The fourth-order valence-electron chi connectivity index (χ4n) is 1.24. The summed E-state index contributed by atoms with van der Waals surface area (Å²) in [5.74, 6) is 1.71. The zero-order chi connectivity index (χ0) is 9.10. The van der Waals surface area contributed by atoms with Crippen LogP contribution in [-0.2, 0) is 0 Å². The van der Waals surface area contributed by atoms with Gasteiger partial charge in [0.1, 0.15) is 5.69 Å². The van der Waals surface area contributed by atoms with Crippen molar-refractivity contribution in [2.24, 2.45) is 0 Å². The summed E-state index contributed by atoms with van der Waals surface area (Å²) in [6.45, 7) is 0.974. The third kappa shape index (κ3) is 1.70. The minimum Gasteiger partial charge on any atom is -0.478 e. The average Bonchev–Trinajstić information content (AvgIpc) is 2.41. The van der Waals surface area contributed by atoms with E-state index in [9.17, 15) is 0 Å². The molecule has 70 valence electrons. The molecule has 4 nitrogen and oxygen atoms in total. The zero-order valence-electron chi connectivity index (χ0n) is 7.41. The fraction of sp³-hybridized carbons (Fsp3) is 0.500. The highest BCUT2D eigenvalue weighted by Crippen LogP contribution is 2.34. The molecule has 1 aromatic heterocycles. The van der Waals surface area contributed by atoms with Gasteiger partial charge in [0.05, 0.1) is 18.2 Å². The van der Waals surface area contributed by atoms with E-state index in [2.05, 4.69) is 15.5 Å². The molecule has 0 saturated carbocycles. The standard InChI is InChI=1S/C8H11N3OS/c1-12-8-7-6(5-10-11-8)13-4-2-3-9-7/h5,9H,2-4H2,1H3. The largest absolute Gasteiger partial charge is 0.478 e. The maximum atomic E-state index is 5.12. The average molecular weight is 197 g/mol. The van der Waals surface area contributed by atoms with E-state index < -0.39 is 0 Å². The highest BCUT2D eigenvalue weighted by atomic mass is 32.2. The fourth-order valence-corrected chi connectivity index (χ4v) is 2.17. The number of ether oxygens (including phenoxy) is 1. The molecule has 0 fully saturated rings. The third-order valence-corrected chi connectivity index (χ3v) is 2.97. The summed E-state index contributed by atoms with van der Waals surface area (Å²) in [6.07, 6.45) is 2.93. The number of anilines is 1. The first kappa shape index (κ1) is 8.62. The predicted molar refractivity (Wildman–Crippen MR) is 52.4 cm³/mol. The summed E-state index contributed by atoms with van der Waals surface area (Å²) in [5.41, 5.74) is 0.986. The Balaban J connectivity index is 2.40. The van der Waals surface area contributed by atoms with Crippen LogP contribution in [0.1, 0.15) is 6.42 Å². The van der Waals surface area contributed by atoms with Gasteiger partial charge in [-0.15, -0.1) is 16.9 Å². The van der Waals surface area contributed by atoms with Crippen molar-refractivity contribution in [1.29, 1.82) is 0 Å². The lowest BCUT2D eigenvalue weighted by Crippen LogP contribution is -2.03. The number of hydrogen-bond donors (Lipinski definition) is 1. The quantitative estimate of drug-likeness (QED) is 0.737. The van der Waals surface area contributed by atoms with Crippen LogP contribution in [-0.4, -0.2) is 29.6 Å². The molecule has 2 rings (SSSR count). The molecule has 13 heavy (non-hydrogen) atoms. The summed E-state index contributed by atoms with van der Waals surface area (Å²) >= 11 is 1.79. The minimum absolute atomic E-state index is 0.590. The lowest BCUT2D eigenvalue weighted by molar-refractivity contribution is 0.392. The van der Waals surface area contributed by atoms with E-state index in [0.29, 0.717) is 5.88 Å². The molecule has 0 aromatic carbocycles. The topological polar surface area (TPSA) is 47.0 Å². The van der Waals surface area contributed by atoms with Gasteiger partial charge >= 0.3 is 0 Å². The molecule has 0 bridgehead atoms. The van der Waals surface area contributed by atoms with Crippen LogP contribution in [0.15, 0.2) is 11.1 Å². The number of rotatable bonds is 1. The molecule has 0 unspecified atom stereocenters. The molecule has 1 N–H and O–H groups in total. The zero-order valence-corrected chi connectivity index (χ0v) is 8.23. The first-order chi connectivity index (χ1) is 6.42. The molecule has 0 spiro atoms. The van der Waals surface area contributed by atoms with Crippen LogP contribution >= 0.6 is 11.8 Å². The van der Waals surface area contributed by atoms with E-state index in [1.807, 2.05) is 0 Å². The van der Waals surface area contributed by atoms with Gasteiger partial charge in [0.25, 0.3) is 5.88 Å². The minimum atomic E-state index is 0.590. The van der Waals surface area contributed by atoms with Crippen molar-refractivity contribution in [3.63, 3.8) is 0 Å². The van der Waals surface area contributed by atoms with E-state index >= 15 is 0 Å². The molecule has 0 aliphatic carbocycles. The summed E-state index contributed by atoms with van der Waals surface area (Å²) < 4.78 is 5.12. The van der Waals surface area contributed by atoms with Crippen molar-refractivity contribution in [2.75, 3.05) is 24.7 Å². The second kappa shape index (κ2) is 3.83. The van der Waals surface area contributed by atoms with E-state index in [1.165, 1.54) is 0 Å². The van der Waals surface area contributed by atoms with Crippen molar-refractivity contribution in [3.05, 3.63) is 6.20 Å². The normalized spacial score (nSPS) is 15.5. The van der Waals surface area contributed by atoms with Crippen LogP contribution in [0.2, 0.25) is 0 Å². The highest BCUT2D eigenvalue weighted by molar-refractivity contribution is 7.99. The Morgan fingerprint density at radius 3 is 3.38 bits per heavy atom. The van der Waals surface area contributed by atoms with Crippen LogP contribution in [0.25, 0.3) is 0 Å². The van der Waals surface area contributed by atoms with Crippen LogP contribution < -0.4 is 10.1 Å². The summed E-state index contributed by atoms with van der Waals surface area (Å²) in [6, 6.07) is 0. The van der Waals surface area contributed by atoms with Crippen LogP contribution in [0.4, 0.5) is 5.69 Å². The number of methoxy groups -OCH3 is 1. The molecule has 1 aliphatic heterocycles. The van der Waals surface area contributed by atoms with Crippen molar-refractivity contribution < 1.29 is 4.74 Å². The van der Waals surface area contributed by atoms with Gasteiger partial charge < -0.3 is 10.1 Å². The lowest BCUT2D eigenvalue weighted by atomic mass is 10.4. The Morgan fingerprint density at radius 2 is 2.54 bits per heavy atom. The number of hydrogen-bond acceptors (Lipinski definition) is 5. The Hall–Kier alpha value is -0.970. The number of nitrogens with one attached hydrogen (secondary N) is 1. The molecule has 5 heteroatoms. The Morgan fingerprint density at radius 1 is 1.62 bits per heavy atom. The molecular formula is C8H11N3OS. The number of nitrogens with zero attached hydrogens (tertiary/aromatic N) is 2. The monoisotopic (exact) mass is 197 g/mol. The Bertz CT molecular complexity index is 305. The van der Waals surface area contributed by atoms with Gasteiger partial charge in [0, 0.05) is 6.54 Å². The van der Waals surface area contributed by atoms with Gasteiger partial charge in [-0.1, -0.05) is 0 Å². The molecule has 2 heterocycles. The van der Waals surface area contributed by atoms with Crippen molar-refractivity contribution in [2.45, 2.75) is 11.3 Å². The van der Waals surface area contributed by atoms with Crippen molar-refractivity contribution in [3.8, 4) is 5.88 Å². The molecule has 0 atom stereocenters. The van der Waals surface area contributed by atoms with Crippen molar-refractivity contribution >= 4 is 17.4 Å². The van der Waals surface area contributed by atoms with Gasteiger partial charge in [-0.05, 0) is 12.2 Å². The van der Waals surface area contributed by atoms with Gasteiger partial charge in [-0.3, -0.25) is 0 Å². The second-order valence-corrected chi connectivity index (χ2v) is 3.86. The number of fused-ring (bicyclic) bond motifs is 1. The summed E-state index contributed by atoms with van der Waals surface area (Å²) in [5, 5.41) is 11.1. The summed E-state index contributed by atoms with van der Waals surface area (Å²) in [4.78, 5) is 1.13. The number of aromatic nitrogens is 2. The van der Waals surface area contributed by atoms with Crippen LogP contribution in [0, 0.1) is 0 Å². The van der Waals surface area contributed by atoms with Gasteiger partial charge in [-0.25, -0.2) is 0 Å². The number of thioether (sulfide) groups is 1. The van der Waals surface area contributed by atoms with Crippen molar-refractivity contribution in [1.82, 2.24) is 10.2 Å². The second-order valence-electron chi connectivity index (χ2n) is 2.72. The molecule has 0 saturated heterocycles.